The van der Waals surface area contributed by atoms with Crippen LogP contribution in [0.25, 0.3) is 0 Å². The highest BCUT2D eigenvalue weighted by molar-refractivity contribution is 5.05. The molecule has 1 aromatic rings. The molecule has 0 saturated heterocycles. The standard InChI is InChI=1S/C6H7N2/c1-5-3-6(2)8-7-4-5/h4H,1-2H3. The Hall–Kier alpha value is -0.920. The zero-order valence-corrected chi connectivity index (χ0v) is 4.97. The average molecular weight is 107 g/mol. The fraction of sp³-hybridized carbons (Fsp3) is 0.333. The summed E-state index contributed by atoms with van der Waals surface area (Å²) in [4.78, 5) is 0. The number of hydrogen-bond acceptors (Lipinski definition) is 2. The van der Waals surface area contributed by atoms with Gasteiger partial charge in [-0.3, -0.25) is 0 Å². The minimum Gasteiger partial charge on any atom is -0.159 e. The second-order valence-corrected chi connectivity index (χ2v) is 1.74. The van der Waals surface area contributed by atoms with E-state index in [4.69, 9.17) is 0 Å². The minimum atomic E-state index is 0.852. The molecule has 1 heterocycles. The molecule has 0 aliphatic rings. The average Bonchev–Trinajstić information content (AvgIpc) is 1.64. The van der Waals surface area contributed by atoms with Crippen molar-refractivity contribution in [3.05, 3.63) is 23.5 Å². The molecule has 0 aromatic carbocycles. The molecule has 41 valence electrons. The predicted octanol–water partition coefficient (Wildman–Crippen LogP) is 0.894. The van der Waals surface area contributed by atoms with Crippen molar-refractivity contribution in [3.63, 3.8) is 0 Å². The van der Waals surface area contributed by atoms with Gasteiger partial charge in [-0.25, -0.2) is 0 Å². The molecule has 0 N–H and O–H groups in total. The van der Waals surface area contributed by atoms with Gasteiger partial charge >= 0.3 is 0 Å². The van der Waals surface area contributed by atoms with E-state index in [9.17, 15) is 0 Å². The highest BCUT2D eigenvalue weighted by atomic mass is 15.1. The molecule has 1 radical (unpaired) electrons. The molecule has 2 heteroatoms. The van der Waals surface area contributed by atoms with Crippen LogP contribution in [0.1, 0.15) is 11.3 Å². The maximum atomic E-state index is 3.73. The Kier molecular flexibility index (Phi) is 1.24. The summed E-state index contributed by atoms with van der Waals surface area (Å²) < 4.78 is 0. The number of aromatic nitrogens is 2. The molecule has 0 aliphatic carbocycles. The van der Waals surface area contributed by atoms with Gasteiger partial charge in [0, 0.05) is 6.07 Å². The largest absolute Gasteiger partial charge is 0.159 e. The lowest BCUT2D eigenvalue weighted by molar-refractivity contribution is 0.963. The summed E-state index contributed by atoms with van der Waals surface area (Å²) in [6.07, 6.45) is 1.69. The van der Waals surface area contributed by atoms with Crippen LogP contribution in [0.2, 0.25) is 0 Å². The number of nitrogens with zero attached hydrogens (tertiary/aromatic N) is 2. The third-order valence-corrected chi connectivity index (χ3v) is 0.837. The van der Waals surface area contributed by atoms with Gasteiger partial charge in [0.25, 0.3) is 0 Å². The quantitative estimate of drug-likeness (QED) is 0.492. The van der Waals surface area contributed by atoms with E-state index in [2.05, 4.69) is 16.3 Å². The van der Waals surface area contributed by atoms with Crippen LogP contribution in [-0.2, 0) is 0 Å². The molecular formula is C6H7N2. The number of rotatable bonds is 0. The third kappa shape index (κ3) is 1.03. The molecule has 8 heavy (non-hydrogen) atoms. The fourth-order valence-electron chi connectivity index (χ4n) is 0.545. The van der Waals surface area contributed by atoms with Crippen LogP contribution in [0.4, 0.5) is 0 Å². The van der Waals surface area contributed by atoms with Crippen molar-refractivity contribution in [2.24, 2.45) is 0 Å². The highest BCUT2D eigenvalue weighted by Gasteiger charge is 1.84. The van der Waals surface area contributed by atoms with Gasteiger partial charge in [0.1, 0.15) is 0 Å². The van der Waals surface area contributed by atoms with Crippen LogP contribution in [-0.4, -0.2) is 10.2 Å². The zero-order chi connectivity index (χ0) is 5.98. The van der Waals surface area contributed by atoms with E-state index in [1.807, 2.05) is 13.8 Å². The molecule has 0 fully saturated rings. The van der Waals surface area contributed by atoms with Gasteiger partial charge < -0.3 is 0 Å². The Labute approximate surface area is 48.6 Å². The van der Waals surface area contributed by atoms with Crippen LogP contribution < -0.4 is 0 Å². The molecule has 0 atom stereocenters. The Morgan fingerprint density at radius 3 is 2.62 bits per heavy atom. The van der Waals surface area contributed by atoms with Crippen LogP contribution in [0.3, 0.4) is 0 Å². The first kappa shape index (κ1) is 5.22. The lowest BCUT2D eigenvalue weighted by Crippen LogP contribution is -1.85. The molecule has 1 aromatic heterocycles. The summed E-state index contributed by atoms with van der Waals surface area (Å²) in [5.74, 6) is 0. The third-order valence-electron chi connectivity index (χ3n) is 0.837. The van der Waals surface area contributed by atoms with Gasteiger partial charge in [0.2, 0.25) is 0 Å². The molecule has 0 saturated carbocycles. The maximum absolute atomic E-state index is 3.73. The van der Waals surface area contributed by atoms with E-state index in [-0.39, 0.29) is 0 Å². The second kappa shape index (κ2) is 1.90. The summed E-state index contributed by atoms with van der Waals surface area (Å²) in [6, 6.07) is 3.00. The van der Waals surface area contributed by atoms with Crippen molar-refractivity contribution < 1.29 is 0 Å². The van der Waals surface area contributed by atoms with E-state index >= 15 is 0 Å². The van der Waals surface area contributed by atoms with E-state index in [0.29, 0.717) is 0 Å². The van der Waals surface area contributed by atoms with Crippen LogP contribution in [0.15, 0.2) is 6.20 Å². The van der Waals surface area contributed by atoms with E-state index in [1.165, 1.54) is 0 Å². The maximum Gasteiger partial charge on any atom is 0.0681 e. The van der Waals surface area contributed by atoms with E-state index in [0.717, 1.165) is 11.3 Å². The molecule has 1 rings (SSSR count). The summed E-state index contributed by atoms with van der Waals surface area (Å²) in [6.45, 7) is 3.82. The Bertz CT molecular complexity index is 166. The summed E-state index contributed by atoms with van der Waals surface area (Å²) in [5.41, 5.74) is 1.89. The van der Waals surface area contributed by atoms with Gasteiger partial charge in [-0.05, 0) is 19.4 Å². The smallest absolute Gasteiger partial charge is 0.0681 e. The topological polar surface area (TPSA) is 25.8 Å². The van der Waals surface area contributed by atoms with Crippen molar-refractivity contribution >= 4 is 0 Å². The van der Waals surface area contributed by atoms with Gasteiger partial charge in [-0.15, -0.1) is 0 Å². The van der Waals surface area contributed by atoms with Crippen molar-refractivity contribution in [2.75, 3.05) is 0 Å². The lowest BCUT2D eigenvalue weighted by atomic mass is 10.3. The minimum absolute atomic E-state index is 0.852. The normalized spacial score (nSPS) is 9.25. The molecule has 2 nitrogen and oxygen atoms in total. The van der Waals surface area contributed by atoms with Crippen molar-refractivity contribution in [3.8, 4) is 0 Å². The van der Waals surface area contributed by atoms with E-state index in [1.54, 1.807) is 6.20 Å². The Morgan fingerprint density at radius 2 is 2.25 bits per heavy atom. The first-order chi connectivity index (χ1) is 3.79. The summed E-state index contributed by atoms with van der Waals surface area (Å²) >= 11 is 0. The van der Waals surface area contributed by atoms with Gasteiger partial charge in [-0.1, -0.05) is 0 Å². The molecule has 0 amide bonds. The molecular weight excluding hydrogens is 100 g/mol. The van der Waals surface area contributed by atoms with Crippen molar-refractivity contribution in [1.29, 1.82) is 0 Å². The monoisotopic (exact) mass is 107 g/mol. The molecule has 0 unspecified atom stereocenters. The first-order valence-corrected chi connectivity index (χ1v) is 2.47. The fourth-order valence-corrected chi connectivity index (χ4v) is 0.545. The summed E-state index contributed by atoms with van der Waals surface area (Å²) in [5, 5.41) is 7.44. The SMILES string of the molecule is Cc1[c]c(C)nnc1. The van der Waals surface area contributed by atoms with Crippen molar-refractivity contribution in [2.45, 2.75) is 13.8 Å². The zero-order valence-electron chi connectivity index (χ0n) is 4.97. The number of hydrogen-bond donors (Lipinski definition) is 0. The predicted molar refractivity (Wildman–Crippen MR) is 30.3 cm³/mol. The molecule has 0 spiro atoms. The van der Waals surface area contributed by atoms with Gasteiger partial charge in [0.15, 0.2) is 0 Å². The molecule has 0 aliphatic heterocycles. The van der Waals surface area contributed by atoms with Crippen LogP contribution in [0.5, 0.6) is 0 Å². The summed E-state index contributed by atoms with van der Waals surface area (Å²) in [7, 11) is 0. The van der Waals surface area contributed by atoms with Crippen LogP contribution in [0, 0.1) is 19.9 Å². The Balaban J connectivity index is 3.08. The van der Waals surface area contributed by atoms with Gasteiger partial charge in [-0.2, -0.15) is 10.2 Å². The number of aryl methyl sites for hydroxylation is 2. The van der Waals surface area contributed by atoms with Gasteiger partial charge in [0.05, 0.1) is 11.9 Å². The van der Waals surface area contributed by atoms with E-state index < -0.39 is 0 Å². The van der Waals surface area contributed by atoms with Crippen LogP contribution >= 0.6 is 0 Å². The lowest BCUT2D eigenvalue weighted by Gasteiger charge is -1.87. The second-order valence-electron chi connectivity index (χ2n) is 1.74. The first-order valence-electron chi connectivity index (χ1n) is 2.47. The Morgan fingerprint density at radius 1 is 1.50 bits per heavy atom. The highest BCUT2D eigenvalue weighted by Crippen LogP contribution is 1.91. The molecule has 0 bridgehead atoms. The van der Waals surface area contributed by atoms with Crippen molar-refractivity contribution in [1.82, 2.24) is 10.2 Å².